The van der Waals surface area contributed by atoms with E-state index >= 15 is 0 Å². The third-order valence-corrected chi connectivity index (χ3v) is 3.78. The lowest BCUT2D eigenvalue weighted by atomic mass is 9.93. The summed E-state index contributed by atoms with van der Waals surface area (Å²) in [6, 6.07) is 8.17. The van der Waals surface area contributed by atoms with Crippen LogP contribution in [0.2, 0.25) is 0 Å². The van der Waals surface area contributed by atoms with Gasteiger partial charge in [0, 0.05) is 25.4 Å². The Kier molecular flexibility index (Phi) is 6.05. The van der Waals surface area contributed by atoms with E-state index in [4.69, 9.17) is 4.74 Å². The standard InChI is InChI=1S/C17H26N2O2/c1-13(2)7-9-21-10-8-18-17(20)15-11-14-5-3-4-6-16(14)19-12-15/h3-6,13,15,19H,7-12H2,1-2H3,(H,18,20). The molecule has 1 atom stereocenters. The molecule has 1 unspecified atom stereocenters. The van der Waals surface area contributed by atoms with Gasteiger partial charge in [-0.15, -0.1) is 0 Å². The van der Waals surface area contributed by atoms with Crippen molar-refractivity contribution in [2.75, 3.05) is 31.6 Å². The molecule has 1 aromatic carbocycles. The molecular weight excluding hydrogens is 264 g/mol. The zero-order valence-corrected chi connectivity index (χ0v) is 13.0. The minimum absolute atomic E-state index is 0.00978. The van der Waals surface area contributed by atoms with Crippen LogP contribution >= 0.6 is 0 Å². The number of rotatable bonds is 7. The number of benzene rings is 1. The Bertz CT molecular complexity index is 460. The summed E-state index contributed by atoms with van der Waals surface area (Å²) < 4.78 is 5.51. The van der Waals surface area contributed by atoms with E-state index in [0.29, 0.717) is 25.6 Å². The van der Waals surface area contributed by atoms with Crippen LogP contribution in [0.4, 0.5) is 5.69 Å². The van der Waals surface area contributed by atoms with Crippen molar-refractivity contribution < 1.29 is 9.53 Å². The fourth-order valence-corrected chi connectivity index (χ4v) is 2.44. The molecule has 4 nitrogen and oxygen atoms in total. The molecule has 1 heterocycles. The Balaban J connectivity index is 1.66. The van der Waals surface area contributed by atoms with E-state index in [1.807, 2.05) is 12.1 Å². The molecular formula is C17H26N2O2. The third kappa shape index (κ3) is 5.05. The van der Waals surface area contributed by atoms with Crippen LogP contribution in [-0.2, 0) is 16.0 Å². The summed E-state index contributed by atoms with van der Waals surface area (Å²) in [6.07, 6.45) is 1.88. The number of anilines is 1. The Labute approximate surface area is 127 Å². The molecule has 0 saturated carbocycles. The van der Waals surface area contributed by atoms with E-state index in [9.17, 15) is 4.79 Å². The van der Waals surface area contributed by atoms with Gasteiger partial charge in [-0.05, 0) is 30.4 Å². The molecule has 2 rings (SSSR count). The number of hydrogen-bond donors (Lipinski definition) is 2. The first kappa shape index (κ1) is 15.8. The molecule has 0 bridgehead atoms. The minimum Gasteiger partial charge on any atom is -0.384 e. The van der Waals surface area contributed by atoms with Gasteiger partial charge in [0.1, 0.15) is 0 Å². The number of ether oxygens (including phenoxy) is 1. The van der Waals surface area contributed by atoms with Gasteiger partial charge in [-0.1, -0.05) is 32.0 Å². The molecule has 1 aliphatic heterocycles. The Morgan fingerprint density at radius 1 is 1.38 bits per heavy atom. The van der Waals surface area contributed by atoms with Gasteiger partial charge in [0.15, 0.2) is 0 Å². The molecule has 2 N–H and O–H groups in total. The fraction of sp³-hybridized carbons (Fsp3) is 0.588. The highest BCUT2D eigenvalue weighted by Gasteiger charge is 2.23. The van der Waals surface area contributed by atoms with Crippen molar-refractivity contribution in [1.82, 2.24) is 5.32 Å². The Morgan fingerprint density at radius 2 is 2.19 bits per heavy atom. The van der Waals surface area contributed by atoms with Crippen LogP contribution < -0.4 is 10.6 Å². The second-order valence-corrected chi connectivity index (χ2v) is 6.03. The highest BCUT2D eigenvalue weighted by molar-refractivity contribution is 5.80. The van der Waals surface area contributed by atoms with Crippen LogP contribution in [0.1, 0.15) is 25.8 Å². The van der Waals surface area contributed by atoms with Crippen molar-refractivity contribution in [1.29, 1.82) is 0 Å². The second kappa shape index (κ2) is 8.03. The summed E-state index contributed by atoms with van der Waals surface area (Å²) in [5.41, 5.74) is 2.37. The molecule has 0 radical (unpaired) electrons. The number of nitrogens with one attached hydrogen (secondary N) is 2. The summed E-state index contributed by atoms with van der Waals surface area (Å²) >= 11 is 0. The molecule has 1 aliphatic rings. The topological polar surface area (TPSA) is 50.4 Å². The zero-order chi connectivity index (χ0) is 15.1. The molecule has 21 heavy (non-hydrogen) atoms. The first-order valence-corrected chi connectivity index (χ1v) is 7.84. The van der Waals surface area contributed by atoms with Gasteiger partial charge in [0.25, 0.3) is 0 Å². The maximum absolute atomic E-state index is 12.1. The molecule has 116 valence electrons. The third-order valence-electron chi connectivity index (χ3n) is 3.78. The highest BCUT2D eigenvalue weighted by atomic mass is 16.5. The maximum Gasteiger partial charge on any atom is 0.225 e. The monoisotopic (exact) mass is 290 g/mol. The summed E-state index contributed by atoms with van der Waals surface area (Å²) in [6.45, 7) is 7.02. The number of amides is 1. The van der Waals surface area contributed by atoms with Crippen molar-refractivity contribution in [3.05, 3.63) is 29.8 Å². The molecule has 0 aliphatic carbocycles. The van der Waals surface area contributed by atoms with Crippen LogP contribution in [-0.4, -0.2) is 32.2 Å². The second-order valence-electron chi connectivity index (χ2n) is 6.03. The molecule has 1 amide bonds. The van der Waals surface area contributed by atoms with Crippen LogP contribution in [0.5, 0.6) is 0 Å². The molecule has 0 saturated heterocycles. The number of fused-ring (bicyclic) bond motifs is 1. The molecule has 0 fully saturated rings. The van der Waals surface area contributed by atoms with Crippen LogP contribution in [0.15, 0.2) is 24.3 Å². The van der Waals surface area contributed by atoms with Crippen molar-refractivity contribution in [3.63, 3.8) is 0 Å². The normalized spacial score (nSPS) is 17.2. The number of carbonyl (C=O) groups excluding carboxylic acids is 1. The molecule has 1 aromatic rings. The van der Waals surface area contributed by atoms with E-state index < -0.39 is 0 Å². The summed E-state index contributed by atoms with van der Waals surface area (Å²) in [5, 5.41) is 6.29. The number of carbonyl (C=O) groups is 1. The Morgan fingerprint density at radius 3 is 3.00 bits per heavy atom. The number of para-hydroxylation sites is 1. The minimum atomic E-state index is 0.00978. The van der Waals surface area contributed by atoms with E-state index in [1.165, 1.54) is 5.56 Å². The van der Waals surface area contributed by atoms with Gasteiger partial charge in [0.2, 0.25) is 5.91 Å². The average Bonchev–Trinajstić information content (AvgIpc) is 2.49. The predicted octanol–water partition coefficient (Wildman–Crippen LogP) is 2.45. The van der Waals surface area contributed by atoms with Crippen molar-refractivity contribution >= 4 is 11.6 Å². The van der Waals surface area contributed by atoms with Crippen LogP contribution in [0.3, 0.4) is 0 Å². The smallest absolute Gasteiger partial charge is 0.225 e. The molecule has 4 heteroatoms. The fourth-order valence-electron chi connectivity index (χ4n) is 2.44. The van der Waals surface area contributed by atoms with Gasteiger partial charge in [-0.3, -0.25) is 4.79 Å². The number of hydrogen-bond acceptors (Lipinski definition) is 3. The van der Waals surface area contributed by atoms with Gasteiger partial charge >= 0.3 is 0 Å². The molecule has 0 spiro atoms. The van der Waals surface area contributed by atoms with Crippen LogP contribution in [0.25, 0.3) is 0 Å². The Hall–Kier alpha value is -1.55. The lowest BCUT2D eigenvalue weighted by Crippen LogP contribution is -2.39. The summed E-state index contributed by atoms with van der Waals surface area (Å²) in [7, 11) is 0. The van der Waals surface area contributed by atoms with E-state index in [-0.39, 0.29) is 11.8 Å². The first-order valence-electron chi connectivity index (χ1n) is 7.84. The van der Waals surface area contributed by atoms with Crippen molar-refractivity contribution in [2.24, 2.45) is 11.8 Å². The van der Waals surface area contributed by atoms with Crippen molar-refractivity contribution in [2.45, 2.75) is 26.7 Å². The van der Waals surface area contributed by atoms with Gasteiger partial charge in [-0.2, -0.15) is 0 Å². The van der Waals surface area contributed by atoms with Crippen LogP contribution in [0, 0.1) is 11.8 Å². The summed E-state index contributed by atoms with van der Waals surface area (Å²) in [4.78, 5) is 12.1. The average molecular weight is 290 g/mol. The summed E-state index contributed by atoms with van der Waals surface area (Å²) in [5.74, 6) is 0.785. The maximum atomic E-state index is 12.1. The highest BCUT2D eigenvalue weighted by Crippen LogP contribution is 2.24. The zero-order valence-electron chi connectivity index (χ0n) is 13.0. The quantitative estimate of drug-likeness (QED) is 0.758. The van der Waals surface area contributed by atoms with E-state index in [1.54, 1.807) is 0 Å². The lowest BCUT2D eigenvalue weighted by molar-refractivity contribution is -0.124. The molecule has 0 aromatic heterocycles. The van der Waals surface area contributed by atoms with Gasteiger partial charge in [-0.25, -0.2) is 0 Å². The van der Waals surface area contributed by atoms with Crippen molar-refractivity contribution in [3.8, 4) is 0 Å². The van der Waals surface area contributed by atoms with E-state index in [2.05, 4.69) is 36.6 Å². The van der Waals surface area contributed by atoms with Gasteiger partial charge < -0.3 is 15.4 Å². The lowest BCUT2D eigenvalue weighted by Gasteiger charge is -2.25. The van der Waals surface area contributed by atoms with E-state index in [0.717, 1.165) is 25.1 Å². The predicted molar refractivity (Wildman–Crippen MR) is 85.4 cm³/mol. The van der Waals surface area contributed by atoms with Gasteiger partial charge in [0.05, 0.1) is 12.5 Å². The SMILES string of the molecule is CC(C)CCOCCNC(=O)C1CNc2ccccc2C1. The largest absolute Gasteiger partial charge is 0.384 e. The first-order chi connectivity index (χ1) is 10.2.